The average molecular weight is 326 g/mol. The van der Waals surface area contributed by atoms with E-state index in [-0.39, 0.29) is 5.57 Å². The summed E-state index contributed by atoms with van der Waals surface area (Å²) in [6.45, 7) is 10.7. The van der Waals surface area contributed by atoms with E-state index in [1.54, 1.807) is 31.5 Å². The summed E-state index contributed by atoms with van der Waals surface area (Å²) in [5, 5.41) is 12.3. The molecule has 0 aromatic carbocycles. The fraction of sp³-hybridized carbons (Fsp3) is 0.278. The van der Waals surface area contributed by atoms with Crippen molar-refractivity contribution in [3.8, 4) is 0 Å². The number of nitrogens with one attached hydrogen (secondary N) is 1. The summed E-state index contributed by atoms with van der Waals surface area (Å²) in [6.07, 6.45) is 9.97. The maximum atomic E-state index is 11.0. The van der Waals surface area contributed by atoms with E-state index in [4.69, 9.17) is 5.11 Å². The normalized spacial score (nSPS) is 12.2. The van der Waals surface area contributed by atoms with Gasteiger partial charge in [0.2, 0.25) is 0 Å². The Morgan fingerprint density at radius 2 is 2.17 bits per heavy atom. The van der Waals surface area contributed by atoms with Gasteiger partial charge in [-0.3, -0.25) is 4.40 Å². The number of fused-ring (bicyclic) bond motifs is 1. The number of hydrogen-bond donors (Lipinski definition) is 2. The summed E-state index contributed by atoms with van der Waals surface area (Å²) in [4.78, 5) is 19.8. The van der Waals surface area contributed by atoms with Crippen molar-refractivity contribution in [1.82, 2.24) is 14.4 Å². The molecule has 0 unspecified atom stereocenters. The first-order valence-electron chi connectivity index (χ1n) is 7.77. The summed E-state index contributed by atoms with van der Waals surface area (Å²) in [6, 6.07) is 0. The summed E-state index contributed by atoms with van der Waals surface area (Å²) in [5.74, 6) is 0.243. The first kappa shape index (κ1) is 17.5. The van der Waals surface area contributed by atoms with Gasteiger partial charge in [0.1, 0.15) is 0 Å². The van der Waals surface area contributed by atoms with E-state index in [2.05, 4.69) is 35.7 Å². The summed E-state index contributed by atoms with van der Waals surface area (Å²) >= 11 is 0. The van der Waals surface area contributed by atoms with Gasteiger partial charge in [0.25, 0.3) is 0 Å². The van der Waals surface area contributed by atoms with Crippen molar-refractivity contribution in [1.29, 1.82) is 0 Å². The summed E-state index contributed by atoms with van der Waals surface area (Å²) in [5.41, 5.74) is 2.39. The third-order valence-electron chi connectivity index (χ3n) is 3.46. The quantitative estimate of drug-likeness (QED) is 0.602. The van der Waals surface area contributed by atoms with Crippen LogP contribution < -0.4 is 5.32 Å². The number of carboxylic acids is 1. The maximum Gasteiger partial charge on any atom is 0.335 e. The minimum Gasteiger partial charge on any atom is -0.478 e. The molecule has 0 aliphatic carbocycles. The number of carboxylic acid groups (broad SMARTS) is 1. The van der Waals surface area contributed by atoms with Crippen molar-refractivity contribution in [3.05, 3.63) is 54.7 Å². The number of allylic oxidation sites excluding steroid dienone is 3. The molecule has 2 aromatic heterocycles. The van der Waals surface area contributed by atoms with Crippen LogP contribution in [0.1, 0.15) is 26.5 Å². The van der Waals surface area contributed by atoms with E-state index in [9.17, 15) is 4.79 Å². The van der Waals surface area contributed by atoms with Crippen LogP contribution in [-0.2, 0) is 4.79 Å². The van der Waals surface area contributed by atoms with E-state index >= 15 is 0 Å². The Kier molecular flexibility index (Phi) is 5.52. The predicted molar refractivity (Wildman–Crippen MR) is 95.9 cm³/mol. The van der Waals surface area contributed by atoms with Crippen LogP contribution in [0.15, 0.2) is 49.0 Å². The molecule has 0 aliphatic rings. The van der Waals surface area contributed by atoms with Crippen LogP contribution in [0, 0.1) is 5.92 Å². The third kappa shape index (κ3) is 3.90. The number of nitrogens with zero attached hydrogens (tertiary/aromatic N) is 3. The van der Waals surface area contributed by atoms with Crippen LogP contribution in [0.4, 0.5) is 5.82 Å². The van der Waals surface area contributed by atoms with Crippen LogP contribution in [-0.4, -0.2) is 32.0 Å². The second-order valence-electron chi connectivity index (χ2n) is 5.80. The lowest BCUT2D eigenvalue weighted by Crippen LogP contribution is -2.10. The van der Waals surface area contributed by atoms with Crippen LogP contribution in [0.5, 0.6) is 0 Å². The van der Waals surface area contributed by atoms with Gasteiger partial charge in [-0.15, -0.1) is 0 Å². The van der Waals surface area contributed by atoms with Crippen molar-refractivity contribution in [2.45, 2.75) is 20.8 Å². The Hall–Kier alpha value is -2.89. The molecule has 0 radical (unpaired) electrons. The lowest BCUT2D eigenvalue weighted by atomic mass is 10.1. The minimum absolute atomic E-state index is 0.214. The molecule has 2 aromatic rings. The van der Waals surface area contributed by atoms with Gasteiger partial charge in [-0.2, -0.15) is 0 Å². The monoisotopic (exact) mass is 326 g/mol. The molecule has 2 rings (SSSR count). The van der Waals surface area contributed by atoms with Crippen LogP contribution >= 0.6 is 0 Å². The number of anilines is 1. The molecule has 6 nitrogen and oxygen atoms in total. The van der Waals surface area contributed by atoms with E-state index in [0.29, 0.717) is 23.0 Å². The van der Waals surface area contributed by atoms with E-state index in [1.165, 1.54) is 6.08 Å². The molecule has 0 saturated carbocycles. The molecule has 0 bridgehead atoms. The van der Waals surface area contributed by atoms with Crippen molar-refractivity contribution in [2.75, 3.05) is 11.9 Å². The zero-order valence-electron chi connectivity index (χ0n) is 14.2. The molecule has 0 amide bonds. The Morgan fingerprint density at radius 1 is 1.42 bits per heavy atom. The Bertz CT molecular complexity index is 816. The molecule has 0 fully saturated rings. The zero-order chi connectivity index (χ0) is 17.7. The average Bonchev–Trinajstić information content (AvgIpc) is 2.97. The highest BCUT2D eigenvalue weighted by molar-refractivity contribution is 5.90. The number of aromatic nitrogens is 3. The largest absolute Gasteiger partial charge is 0.478 e. The standard InChI is InChI=1S/C18H22N4O2/c1-5-14(18(23)24)7-6-13(4)15-11-21-17-16(20-10-12(2)3)19-8-9-22(15)17/h5-9,11-12H,4,10H2,1-3H3,(H,19,20)(H,23,24). The highest BCUT2D eigenvalue weighted by Gasteiger charge is 2.10. The summed E-state index contributed by atoms with van der Waals surface area (Å²) in [7, 11) is 0. The third-order valence-corrected chi connectivity index (χ3v) is 3.46. The highest BCUT2D eigenvalue weighted by atomic mass is 16.4. The van der Waals surface area contributed by atoms with Crippen molar-refractivity contribution >= 4 is 23.0 Å². The summed E-state index contributed by atoms with van der Waals surface area (Å²) < 4.78 is 1.89. The van der Waals surface area contributed by atoms with Crippen molar-refractivity contribution in [2.24, 2.45) is 5.92 Å². The molecule has 24 heavy (non-hydrogen) atoms. The first-order valence-corrected chi connectivity index (χ1v) is 7.77. The molecular weight excluding hydrogens is 304 g/mol. The zero-order valence-corrected chi connectivity index (χ0v) is 14.2. The number of imidazole rings is 1. The lowest BCUT2D eigenvalue weighted by Gasteiger charge is -2.09. The van der Waals surface area contributed by atoms with Crippen LogP contribution in [0.2, 0.25) is 0 Å². The van der Waals surface area contributed by atoms with E-state index in [0.717, 1.165) is 12.2 Å². The SMILES string of the molecule is C=C(C=CC(=CC)C(=O)O)c1cnc2c(NCC(C)C)nccn12. The Morgan fingerprint density at radius 3 is 2.79 bits per heavy atom. The predicted octanol–water partition coefficient (Wildman–Crippen LogP) is 3.40. The Labute approximate surface area is 141 Å². The van der Waals surface area contributed by atoms with Crippen LogP contribution in [0.25, 0.3) is 11.2 Å². The van der Waals surface area contributed by atoms with E-state index in [1.807, 2.05) is 10.6 Å². The second kappa shape index (κ2) is 7.59. The van der Waals surface area contributed by atoms with Gasteiger partial charge < -0.3 is 10.4 Å². The number of carbonyl (C=O) groups is 1. The molecule has 2 heterocycles. The van der Waals surface area contributed by atoms with Gasteiger partial charge in [-0.05, 0) is 24.5 Å². The Balaban J connectivity index is 2.30. The van der Waals surface area contributed by atoms with Crippen LogP contribution in [0.3, 0.4) is 0 Å². The van der Waals surface area contributed by atoms with Gasteiger partial charge in [-0.1, -0.05) is 32.6 Å². The van der Waals surface area contributed by atoms with Gasteiger partial charge in [0.15, 0.2) is 11.5 Å². The molecule has 0 atom stereocenters. The number of hydrogen-bond acceptors (Lipinski definition) is 4. The second-order valence-corrected chi connectivity index (χ2v) is 5.80. The number of rotatable bonds is 7. The smallest absolute Gasteiger partial charge is 0.335 e. The lowest BCUT2D eigenvalue weighted by molar-refractivity contribution is -0.132. The van der Waals surface area contributed by atoms with E-state index < -0.39 is 5.97 Å². The molecule has 0 aliphatic heterocycles. The first-order chi connectivity index (χ1) is 11.4. The van der Waals surface area contributed by atoms with Gasteiger partial charge >= 0.3 is 5.97 Å². The van der Waals surface area contributed by atoms with Crippen molar-refractivity contribution < 1.29 is 9.90 Å². The molecule has 0 saturated heterocycles. The molecule has 6 heteroatoms. The number of aliphatic carboxylic acids is 1. The maximum absolute atomic E-state index is 11.0. The topological polar surface area (TPSA) is 79.5 Å². The molecule has 0 spiro atoms. The molecule has 126 valence electrons. The molecular formula is C18H22N4O2. The fourth-order valence-electron chi connectivity index (χ4n) is 2.15. The molecule has 2 N–H and O–H groups in total. The van der Waals surface area contributed by atoms with Crippen molar-refractivity contribution in [3.63, 3.8) is 0 Å². The van der Waals surface area contributed by atoms with Gasteiger partial charge in [0.05, 0.1) is 17.5 Å². The minimum atomic E-state index is -0.968. The van der Waals surface area contributed by atoms with Gasteiger partial charge in [-0.25, -0.2) is 14.8 Å². The van der Waals surface area contributed by atoms with Gasteiger partial charge in [0, 0.05) is 18.9 Å². The highest BCUT2D eigenvalue weighted by Crippen LogP contribution is 2.20. The fourth-order valence-corrected chi connectivity index (χ4v) is 2.15.